The van der Waals surface area contributed by atoms with Gasteiger partial charge in [0.25, 0.3) is 0 Å². The molecule has 0 saturated carbocycles. The summed E-state index contributed by atoms with van der Waals surface area (Å²) >= 11 is 6.18. The third-order valence-corrected chi connectivity index (χ3v) is 6.60. The van der Waals surface area contributed by atoms with Crippen LogP contribution in [0, 0.1) is 10.1 Å². The normalized spacial score (nSPS) is 10.9. The van der Waals surface area contributed by atoms with E-state index in [1.54, 1.807) is 6.07 Å². The molecule has 0 radical (unpaired) electrons. The maximum atomic E-state index is 11.7. The SMILES string of the molecule is CCCCCCCCCCCCCCCCNc1ncnc(NCc2ccccc2Cl)c1[N+](=O)[O-]. The third kappa shape index (κ3) is 11.7. The zero-order valence-corrected chi connectivity index (χ0v) is 22.0. The molecule has 0 aliphatic carbocycles. The van der Waals surface area contributed by atoms with Crippen molar-refractivity contribution >= 4 is 28.9 Å². The van der Waals surface area contributed by atoms with Gasteiger partial charge in [-0.15, -0.1) is 0 Å². The largest absolute Gasteiger partial charge is 0.364 e. The number of nitrogens with one attached hydrogen (secondary N) is 2. The van der Waals surface area contributed by atoms with Gasteiger partial charge in [-0.05, 0) is 18.1 Å². The fourth-order valence-electron chi connectivity index (χ4n) is 4.16. The minimum atomic E-state index is -0.442. The lowest BCUT2D eigenvalue weighted by molar-refractivity contribution is -0.383. The third-order valence-electron chi connectivity index (χ3n) is 6.23. The van der Waals surface area contributed by atoms with Gasteiger partial charge in [0.05, 0.1) is 4.92 Å². The molecule has 7 nitrogen and oxygen atoms in total. The van der Waals surface area contributed by atoms with E-state index in [0.717, 1.165) is 18.4 Å². The van der Waals surface area contributed by atoms with Crippen LogP contribution in [-0.2, 0) is 6.54 Å². The Balaban J connectivity index is 1.61. The maximum Gasteiger partial charge on any atom is 0.353 e. The minimum Gasteiger partial charge on any atom is -0.364 e. The molecular weight excluding hydrogens is 462 g/mol. The van der Waals surface area contributed by atoms with Gasteiger partial charge in [0.2, 0.25) is 11.6 Å². The van der Waals surface area contributed by atoms with Gasteiger partial charge in [0.1, 0.15) is 6.33 Å². The number of aromatic nitrogens is 2. The summed E-state index contributed by atoms with van der Waals surface area (Å²) in [6.07, 6.45) is 19.6. The van der Waals surface area contributed by atoms with Crippen molar-refractivity contribution < 1.29 is 4.92 Å². The van der Waals surface area contributed by atoms with Crippen molar-refractivity contribution in [3.05, 3.63) is 51.3 Å². The molecule has 0 aliphatic rings. The fraction of sp³-hybridized carbons (Fsp3) is 0.630. The van der Waals surface area contributed by atoms with Crippen molar-refractivity contribution in [3.63, 3.8) is 0 Å². The summed E-state index contributed by atoms with van der Waals surface area (Å²) in [7, 11) is 0. The number of anilines is 2. The molecule has 35 heavy (non-hydrogen) atoms. The highest BCUT2D eigenvalue weighted by atomic mass is 35.5. The Bertz CT molecular complexity index is 865. The average molecular weight is 504 g/mol. The number of nitrogens with zero attached hydrogens (tertiary/aromatic N) is 3. The van der Waals surface area contributed by atoms with Gasteiger partial charge in [0.15, 0.2) is 0 Å². The topological polar surface area (TPSA) is 93.0 Å². The summed E-state index contributed by atoms with van der Waals surface area (Å²) in [4.78, 5) is 19.4. The Kier molecular flexibility index (Phi) is 14.8. The van der Waals surface area contributed by atoms with Gasteiger partial charge in [0, 0.05) is 18.1 Å². The number of benzene rings is 1. The monoisotopic (exact) mass is 503 g/mol. The fourth-order valence-corrected chi connectivity index (χ4v) is 4.36. The van der Waals surface area contributed by atoms with Gasteiger partial charge in [-0.25, -0.2) is 9.97 Å². The number of hydrogen-bond donors (Lipinski definition) is 2. The Morgan fingerprint density at radius 1 is 0.800 bits per heavy atom. The molecule has 1 aromatic heterocycles. The molecule has 2 N–H and O–H groups in total. The van der Waals surface area contributed by atoms with Gasteiger partial charge < -0.3 is 10.6 Å². The van der Waals surface area contributed by atoms with Crippen LogP contribution >= 0.6 is 11.6 Å². The highest BCUT2D eigenvalue weighted by molar-refractivity contribution is 6.31. The lowest BCUT2D eigenvalue weighted by Crippen LogP contribution is -2.11. The lowest BCUT2D eigenvalue weighted by Gasteiger charge is -2.11. The van der Waals surface area contributed by atoms with Crippen LogP contribution in [0.1, 0.15) is 102 Å². The summed E-state index contributed by atoms with van der Waals surface area (Å²) in [5, 5.41) is 18.5. The Morgan fingerprint density at radius 3 is 1.86 bits per heavy atom. The molecule has 0 fully saturated rings. The average Bonchev–Trinajstić information content (AvgIpc) is 2.85. The molecule has 0 amide bonds. The van der Waals surface area contributed by atoms with Crippen LogP contribution in [0.3, 0.4) is 0 Å². The second-order valence-electron chi connectivity index (χ2n) is 9.14. The van der Waals surface area contributed by atoms with E-state index >= 15 is 0 Å². The van der Waals surface area contributed by atoms with E-state index in [1.165, 1.54) is 83.4 Å². The van der Waals surface area contributed by atoms with E-state index in [4.69, 9.17) is 11.6 Å². The van der Waals surface area contributed by atoms with Crippen LogP contribution in [0.4, 0.5) is 17.3 Å². The van der Waals surface area contributed by atoms with E-state index in [9.17, 15) is 10.1 Å². The molecule has 194 valence electrons. The number of unbranched alkanes of at least 4 members (excludes halogenated alkanes) is 13. The van der Waals surface area contributed by atoms with Crippen molar-refractivity contribution in [1.29, 1.82) is 0 Å². The minimum absolute atomic E-state index is 0.134. The van der Waals surface area contributed by atoms with E-state index in [0.29, 0.717) is 18.1 Å². The number of halogens is 1. The smallest absolute Gasteiger partial charge is 0.353 e. The van der Waals surface area contributed by atoms with Gasteiger partial charge in [-0.3, -0.25) is 10.1 Å². The molecule has 2 aromatic rings. The Morgan fingerprint density at radius 2 is 1.31 bits per heavy atom. The van der Waals surface area contributed by atoms with Crippen LogP contribution in [0.15, 0.2) is 30.6 Å². The van der Waals surface area contributed by atoms with Crippen molar-refractivity contribution in [2.45, 2.75) is 103 Å². The van der Waals surface area contributed by atoms with Crippen LogP contribution in [0.2, 0.25) is 5.02 Å². The zero-order valence-electron chi connectivity index (χ0n) is 21.2. The first kappa shape index (κ1) is 28.8. The second kappa shape index (κ2) is 17.9. The number of hydrogen-bond acceptors (Lipinski definition) is 6. The molecule has 0 saturated heterocycles. The maximum absolute atomic E-state index is 11.7. The van der Waals surface area contributed by atoms with E-state index in [1.807, 2.05) is 18.2 Å². The van der Waals surface area contributed by atoms with Crippen molar-refractivity contribution in [3.8, 4) is 0 Å². The predicted octanol–water partition coefficient (Wildman–Crippen LogP) is 8.54. The van der Waals surface area contributed by atoms with Crippen LogP contribution in [-0.4, -0.2) is 21.4 Å². The van der Waals surface area contributed by atoms with E-state index in [2.05, 4.69) is 27.5 Å². The molecule has 0 aliphatic heterocycles. The molecule has 0 spiro atoms. The molecule has 0 atom stereocenters. The quantitative estimate of drug-likeness (QED) is 0.107. The highest BCUT2D eigenvalue weighted by Crippen LogP contribution is 2.29. The predicted molar refractivity (Wildman–Crippen MR) is 146 cm³/mol. The van der Waals surface area contributed by atoms with E-state index < -0.39 is 4.92 Å². The molecule has 0 unspecified atom stereocenters. The summed E-state index contributed by atoms with van der Waals surface area (Å²) in [6.45, 7) is 3.26. The zero-order chi connectivity index (χ0) is 25.1. The second-order valence-corrected chi connectivity index (χ2v) is 9.55. The molecule has 0 bridgehead atoms. The van der Waals surface area contributed by atoms with Crippen molar-refractivity contribution in [2.75, 3.05) is 17.2 Å². The highest BCUT2D eigenvalue weighted by Gasteiger charge is 2.22. The summed E-state index contributed by atoms with van der Waals surface area (Å²) < 4.78 is 0. The Labute approximate surface area is 215 Å². The van der Waals surface area contributed by atoms with Crippen molar-refractivity contribution in [2.24, 2.45) is 0 Å². The first-order valence-electron chi connectivity index (χ1n) is 13.3. The van der Waals surface area contributed by atoms with Crippen LogP contribution in [0.25, 0.3) is 0 Å². The van der Waals surface area contributed by atoms with Crippen molar-refractivity contribution in [1.82, 2.24) is 9.97 Å². The Hall–Kier alpha value is -2.41. The first-order chi connectivity index (χ1) is 17.1. The molecular formula is C27H42ClN5O2. The molecule has 1 heterocycles. The standard InChI is InChI=1S/C27H42ClN5O2/c1-2-3-4-5-6-7-8-9-10-11-12-13-14-17-20-29-26-25(33(34)35)27(32-22-31-26)30-21-23-18-15-16-19-24(23)28/h15-16,18-19,22H,2-14,17,20-21H2,1H3,(H2,29,30,31,32). The van der Waals surface area contributed by atoms with Crippen LogP contribution in [0.5, 0.6) is 0 Å². The molecule has 2 rings (SSSR count). The summed E-state index contributed by atoms with van der Waals surface area (Å²) in [5.74, 6) is 0.440. The van der Waals surface area contributed by atoms with Crippen LogP contribution < -0.4 is 10.6 Å². The summed E-state index contributed by atoms with van der Waals surface area (Å²) in [6, 6.07) is 7.38. The van der Waals surface area contributed by atoms with Gasteiger partial charge in [-0.2, -0.15) is 0 Å². The molecule has 1 aromatic carbocycles. The molecule has 8 heteroatoms. The van der Waals surface area contributed by atoms with Gasteiger partial charge >= 0.3 is 5.69 Å². The number of rotatable bonds is 20. The van der Waals surface area contributed by atoms with Gasteiger partial charge in [-0.1, -0.05) is 120 Å². The van der Waals surface area contributed by atoms with E-state index in [-0.39, 0.29) is 17.3 Å². The first-order valence-corrected chi connectivity index (χ1v) is 13.7. The summed E-state index contributed by atoms with van der Waals surface area (Å²) in [5.41, 5.74) is 0.712. The number of nitro groups is 1. The lowest BCUT2D eigenvalue weighted by atomic mass is 10.0.